The number of anilines is 2. The Balaban J connectivity index is 1.15. The first kappa shape index (κ1) is 27.1. The van der Waals surface area contributed by atoms with Crippen LogP contribution in [0.15, 0.2) is 75.9 Å². The third kappa shape index (κ3) is 4.13. The number of nitrogens with zero attached hydrogens (tertiary/aromatic N) is 2. The van der Waals surface area contributed by atoms with E-state index < -0.39 is 0 Å². The van der Waals surface area contributed by atoms with Crippen LogP contribution in [-0.2, 0) is 20.9 Å². The third-order valence-corrected chi connectivity index (χ3v) is 13.5. The number of hydrogen-bond donors (Lipinski definition) is 1. The van der Waals surface area contributed by atoms with E-state index in [9.17, 15) is 19.2 Å². The van der Waals surface area contributed by atoms with Gasteiger partial charge >= 0.3 is 4.87 Å². The summed E-state index contributed by atoms with van der Waals surface area (Å²) in [4.78, 5) is 57.9. The lowest BCUT2D eigenvalue weighted by molar-refractivity contribution is -0.123. The predicted octanol–water partition coefficient (Wildman–Crippen LogP) is 5.90. The highest BCUT2D eigenvalue weighted by Gasteiger charge is 2.70. The number of fused-ring (bicyclic) bond motifs is 9. The highest BCUT2D eigenvalue weighted by atomic mass is 32.2. The Morgan fingerprint density at radius 3 is 2.26 bits per heavy atom. The van der Waals surface area contributed by atoms with E-state index in [4.69, 9.17) is 0 Å². The Morgan fingerprint density at radius 1 is 0.907 bits per heavy atom. The fraction of sp³-hybridized carbons (Fsp3) is 0.333. The molecule has 3 fully saturated rings. The first-order chi connectivity index (χ1) is 20.8. The molecule has 10 heteroatoms. The molecular weight excluding hydrogens is 599 g/mol. The van der Waals surface area contributed by atoms with Crippen LogP contribution in [0.4, 0.5) is 11.4 Å². The molecule has 4 aliphatic rings. The number of rotatable bonds is 5. The minimum absolute atomic E-state index is 0.0346. The molecule has 4 heterocycles. The fourth-order valence-corrected chi connectivity index (χ4v) is 12.1. The molecule has 2 aliphatic heterocycles. The average Bonchev–Trinajstić information content (AvgIpc) is 3.81. The minimum atomic E-state index is -0.346. The van der Waals surface area contributed by atoms with E-state index in [1.807, 2.05) is 68.4 Å². The Labute approximate surface area is 260 Å². The summed E-state index contributed by atoms with van der Waals surface area (Å²) in [5.74, 6) is -0.885. The predicted molar refractivity (Wildman–Crippen MR) is 170 cm³/mol. The first-order valence-corrected chi connectivity index (χ1v) is 17.1. The maximum atomic E-state index is 13.9. The van der Waals surface area contributed by atoms with E-state index >= 15 is 0 Å². The summed E-state index contributed by atoms with van der Waals surface area (Å²) in [6, 6.07) is 19.3. The van der Waals surface area contributed by atoms with Gasteiger partial charge < -0.3 is 5.32 Å². The molecule has 8 rings (SSSR count). The van der Waals surface area contributed by atoms with Crippen molar-refractivity contribution in [3.63, 3.8) is 0 Å². The molecular formula is C33H29N3O4S3. The van der Waals surface area contributed by atoms with Crippen molar-refractivity contribution in [1.29, 1.82) is 0 Å². The fourth-order valence-electron chi connectivity index (χ4n) is 7.97. The van der Waals surface area contributed by atoms with Gasteiger partial charge in [-0.15, -0.1) is 23.1 Å². The maximum Gasteiger partial charge on any atom is 0.308 e. The largest absolute Gasteiger partial charge is 0.325 e. The van der Waals surface area contributed by atoms with Crippen molar-refractivity contribution in [2.75, 3.05) is 10.2 Å². The Kier molecular flexibility index (Phi) is 6.33. The Hall–Kier alpha value is -3.47. The van der Waals surface area contributed by atoms with Crippen molar-refractivity contribution in [2.24, 2.45) is 29.6 Å². The monoisotopic (exact) mass is 627 g/mol. The van der Waals surface area contributed by atoms with Crippen molar-refractivity contribution in [3.8, 4) is 0 Å². The van der Waals surface area contributed by atoms with E-state index in [-0.39, 0.29) is 69.9 Å². The topological polar surface area (TPSA) is 88.5 Å². The number of thiophene rings is 1. The van der Waals surface area contributed by atoms with E-state index in [0.717, 1.165) is 27.5 Å². The number of benzene rings is 2. The lowest BCUT2D eigenvalue weighted by atomic mass is 9.69. The number of hydrogen-bond acceptors (Lipinski definition) is 7. The van der Waals surface area contributed by atoms with Crippen molar-refractivity contribution in [2.45, 2.75) is 43.0 Å². The van der Waals surface area contributed by atoms with Crippen LogP contribution >= 0.6 is 34.4 Å². The first-order valence-electron chi connectivity index (χ1n) is 14.5. The molecule has 1 saturated heterocycles. The zero-order chi connectivity index (χ0) is 29.6. The van der Waals surface area contributed by atoms with Gasteiger partial charge in [0.1, 0.15) is 6.54 Å². The highest BCUT2D eigenvalue weighted by Crippen LogP contribution is 2.69. The number of thiazole rings is 1. The standard InChI is InChI=1S/C33H29N3O4S3/c1-16-5-9-18(10-6-16)34-23(37)15-35-32-29(43-33(35)40)27(22-4-3-13-41-22)24-20-14-21(28(24)42-32)26-25(20)30(38)36(31(26)39)19-11-7-17(2)8-12-19/h3-13,20-21,24-28H,14-15H2,1-2H3,(H,34,37). The molecule has 4 aromatic rings. The van der Waals surface area contributed by atoms with Gasteiger partial charge in [0.25, 0.3) is 0 Å². The van der Waals surface area contributed by atoms with E-state index in [1.54, 1.807) is 27.7 Å². The van der Waals surface area contributed by atoms with Crippen LogP contribution in [0.1, 0.15) is 33.2 Å². The molecule has 7 unspecified atom stereocenters. The summed E-state index contributed by atoms with van der Waals surface area (Å²) in [7, 11) is 0. The maximum absolute atomic E-state index is 13.9. The number of carbonyl (C=O) groups is 3. The van der Waals surface area contributed by atoms with Crippen LogP contribution in [-0.4, -0.2) is 27.5 Å². The number of carbonyl (C=O) groups excluding carboxylic acids is 3. The molecule has 2 aromatic heterocycles. The Morgan fingerprint density at radius 2 is 1.58 bits per heavy atom. The van der Waals surface area contributed by atoms with Crippen molar-refractivity contribution in [3.05, 3.63) is 96.6 Å². The molecule has 2 bridgehead atoms. The molecule has 0 spiro atoms. The van der Waals surface area contributed by atoms with Gasteiger partial charge in [-0.2, -0.15) is 0 Å². The van der Waals surface area contributed by atoms with Crippen LogP contribution in [0.5, 0.6) is 0 Å². The number of aryl methyl sites for hydroxylation is 2. The summed E-state index contributed by atoms with van der Waals surface area (Å²) in [6.45, 7) is 3.91. The van der Waals surface area contributed by atoms with Gasteiger partial charge in [-0.25, -0.2) is 0 Å². The summed E-state index contributed by atoms with van der Waals surface area (Å²) in [5.41, 5.74) is 3.52. The number of amides is 3. The quantitative estimate of drug-likeness (QED) is 0.278. The van der Waals surface area contributed by atoms with E-state index in [0.29, 0.717) is 11.4 Å². The van der Waals surface area contributed by atoms with Gasteiger partial charge in [0, 0.05) is 26.6 Å². The summed E-state index contributed by atoms with van der Waals surface area (Å²) < 4.78 is 1.62. The molecule has 2 aliphatic carbocycles. The van der Waals surface area contributed by atoms with Crippen LogP contribution < -0.4 is 15.1 Å². The summed E-state index contributed by atoms with van der Waals surface area (Å²) in [6.07, 6.45) is 0.839. The lowest BCUT2D eigenvalue weighted by Crippen LogP contribution is -2.43. The molecule has 2 saturated carbocycles. The average molecular weight is 628 g/mol. The lowest BCUT2D eigenvalue weighted by Gasteiger charge is -2.42. The van der Waals surface area contributed by atoms with Gasteiger partial charge in [-0.3, -0.25) is 28.6 Å². The second-order valence-electron chi connectivity index (χ2n) is 12.2. The van der Waals surface area contributed by atoms with Crippen molar-refractivity contribution < 1.29 is 14.4 Å². The number of thioether (sulfide) groups is 1. The minimum Gasteiger partial charge on any atom is -0.325 e. The Bertz CT molecular complexity index is 1830. The zero-order valence-corrected chi connectivity index (χ0v) is 26.0. The van der Waals surface area contributed by atoms with Crippen LogP contribution in [0.3, 0.4) is 0 Å². The van der Waals surface area contributed by atoms with Crippen molar-refractivity contribution >= 4 is 63.5 Å². The van der Waals surface area contributed by atoms with E-state index in [1.165, 1.54) is 21.1 Å². The molecule has 7 atom stereocenters. The second kappa shape index (κ2) is 10.0. The molecule has 0 radical (unpaired) electrons. The second-order valence-corrected chi connectivity index (χ2v) is 15.3. The number of aromatic nitrogens is 1. The third-order valence-electron chi connectivity index (χ3n) is 9.73. The smallest absolute Gasteiger partial charge is 0.308 e. The van der Waals surface area contributed by atoms with Gasteiger partial charge in [0.05, 0.1) is 22.5 Å². The highest BCUT2D eigenvalue weighted by molar-refractivity contribution is 8.00. The molecule has 1 N–H and O–H groups in total. The van der Waals surface area contributed by atoms with Gasteiger partial charge in [0.2, 0.25) is 17.7 Å². The molecule has 7 nitrogen and oxygen atoms in total. The SMILES string of the molecule is Cc1ccc(NC(=O)Cn2c3c(sc2=O)C(c2cccs2)C2C4CC(C2S3)C2C(=O)N(c3ccc(C)cc3)C(=O)C42)cc1. The van der Waals surface area contributed by atoms with Crippen molar-refractivity contribution in [1.82, 2.24) is 4.57 Å². The molecule has 43 heavy (non-hydrogen) atoms. The van der Waals surface area contributed by atoms with E-state index in [2.05, 4.69) is 16.8 Å². The molecule has 218 valence electrons. The summed E-state index contributed by atoms with van der Waals surface area (Å²) in [5, 5.41) is 5.91. The zero-order valence-electron chi connectivity index (χ0n) is 23.6. The van der Waals surface area contributed by atoms with Gasteiger partial charge in [0.15, 0.2) is 0 Å². The molecule has 2 aromatic carbocycles. The van der Waals surface area contributed by atoms with Crippen LogP contribution in [0.25, 0.3) is 0 Å². The molecule has 3 amide bonds. The number of nitrogens with one attached hydrogen (secondary N) is 1. The van der Waals surface area contributed by atoms with Gasteiger partial charge in [-0.1, -0.05) is 52.8 Å². The van der Waals surface area contributed by atoms with Crippen LogP contribution in [0.2, 0.25) is 0 Å². The number of imide groups is 1. The van der Waals surface area contributed by atoms with Crippen LogP contribution in [0, 0.1) is 43.4 Å². The normalized spacial score (nSPS) is 28.6. The summed E-state index contributed by atoms with van der Waals surface area (Å²) >= 11 is 4.55. The van der Waals surface area contributed by atoms with Gasteiger partial charge in [-0.05, 0) is 73.7 Å².